The molecule has 2 aromatic rings. The van der Waals surface area contributed by atoms with Gasteiger partial charge in [0.05, 0.1) is 19.0 Å². The van der Waals surface area contributed by atoms with Crippen molar-refractivity contribution < 1.29 is 23.8 Å². The summed E-state index contributed by atoms with van der Waals surface area (Å²) in [5, 5.41) is 5.54. The summed E-state index contributed by atoms with van der Waals surface area (Å²) < 4.78 is 17.8. The highest BCUT2D eigenvalue weighted by Crippen LogP contribution is 2.24. The number of amides is 1. The van der Waals surface area contributed by atoms with Gasteiger partial charge in [0.2, 0.25) is 5.95 Å². The van der Waals surface area contributed by atoms with Crippen molar-refractivity contribution in [3.8, 4) is 0 Å². The van der Waals surface area contributed by atoms with Crippen LogP contribution in [-0.2, 0) is 19.0 Å². The first kappa shape index (κ1) is 24.1. The van der Waals surface area contributed by atoms with Crippen LogP contribution < -0.4 is 16.4 Å². The highest BCUT2D eigenvalue weighted by molar-refractivity contribution is 5.84. The lowest BCUT2D eigenvalue weighted by atomic mass is 10.3. The van der Waals surface area contributed by atoms with Crippen LogP contribution in [0.4, 0.5) is 16.6 Å². The quantitative estimate of drug-likeness (QED) is 0.443. The Morgan fingerprint density at radius 2 is 1.94 bits per heavy atom. The molecule has 0 fully saturated rings. The molecule has 0 spiro atoms. The molecule has 1 amide bonds. The predicted octanol–water partition coefficient (Wildman–Crippen LogP) is 1.83. The van der Waals surface area contributed by atoms with E-state index in [9.17, 15) is 9.59 Å². The molecular weight excluding hydrogens is 406 g/mol. The minimum atomic E-state index is -0.805. The molecule has 0 unspecified atom stereocenters. The molecule has 2 rings (SSSR count). The Bertz CT molecular complexity index is 888. The number of hydrogen-bond donors (Lipinski definition) is 3. The van der Waals surface area contributed by atoms with Crippen LogP contribution >= 0.6 is 0 Å². The van der Waals surface area contributed by atoms with E-state index in [-0.39, 0.29) is 25.3 Å². The van der Waals surface area contributed by atoms with E-state index in [0.29, 0.717) is 29.9 Å². The summed E-state index contributed by atoms with van der Waals surface area (Å²) >= 11 is 0. The lowest BCUT2D eigenvalue weighted by Gasteiger charge is -2.22. The molecule has 2 heterocycles. The molecule has 0 aliphatic heterocycles. The number of carbonyl (C=O) groups is 2. The number of nitrogens with one attached hydrogen (secondary N) is 2. The zero-order chi connectivity index (χ0) is 23.0. The van der Waals surface area contributed by atoms with Crippen molar-refractivity contribution in [3.63, 3.8) is 0 Å². The van der Waals surface area contributed by atoms with E-state index in [1.165, 1.54) is 6.92 Å². The molecule has 4 N–H and O–H groups in total. The molecule has 2 aromatic heterocycles. The third kappa shape index (κ3) is 6.41. The standard InChI is InChI=1S/C19H31N7O5/c1-6-13(9-30-19(28)23-11(4)17(27)29-8-3)31-12(5)26-10-22-14-15(21-7-2)24-18(20)25-16(14)26/h10-13H,6-9H2,1-5H3,(H,23,28)(H3,20,21,24,25)/t11-,12+,13-/m0/s1. The number of anilines is 2. The number of alkyl carbamates (subject to hydrolysis) is 1. The van der Waals surface area contributed by atoms with Crippen molar-refractivity contribution >= 4 is 35.0 Å². The van der Waals surface area contributed by atoms with Crippen molar-refractivity contribution in [1.29, 1.82) is 0 Å². The highest BCUT2D eigenvalue weighted by atomic mass is 16.6. The molecule has 12 nitrogen and oxygen atoms in total. The number of hydrogen-bond acceptors (Lipinski definition) is 10. The molecule has 31 heavy (non-hydrogen) atoms. The monoisotopic (exact) mass is 437 g/mol. The number of imidazole rings is 1. The lowest BCUT2D eigenvalue weighted by molar-refractivity contribution is -0.145. The molecule has 0 aromatic carbocycles. The Kier molecular flexibility index (Phi) is 8.79. The Morgan fingerprint density at radius 3 is 2.58 bits per heavy atom. The fraction of sp³-hybridized carbons (Fsp3) is 0.632. The smallest absolute Gasteiger partial charge is 0.407 e. The SMILES string of the molecule is CCNc1nc(N)nc2c1ncn2[C@@H](C)O[C@@H](CC)COC(=O)N[C@@H](C)C(=O)OCC. The van der Waals surface area contributed by atoms with Crippen LogP contribution in [0.15, 0.2) is 6.33 Å². The zero-order valence-corrected chi connectivity index (χ0v) is 18.5. The van der Waals surface area contributed by atoms with Crippen molar-refractivity contribution in [2.45, 2.75) is 59.4 Å². The number of fused-ring (bicyclic) bond motifs is 1. The van der Waals surface area contributed by atoms with Crippen molar-refractivity contribution in [2.24, 2.45) is 0 Å². The minimum absolute atomic E-state index is 0.00854. The fourth-order valence-electron chi connectivity index (χ4n) is 2.80. The van der Waals surface area contributed by atoms with Gasteiger partial charge >= 0.3 is 12.1 Å². The maximum atomic E-state index is 12.0. The Labute approximate surface area is 180 Å². The second kappa shape index (κ2) is 11.3. The van der Waals surface area contributed by atoms with Gasteiger partial charge in [-0.2, -0.15) is 9.97 Å². The van der Waals surface area contributed by atoms with Gasteiger partial charge in [-0.25, -0.2) is 14.6 Å². The number of rotatable bonds is 11. The Hall–Kier alpha value is -3.15. The van der Waals surface area contributed by atoms with Crippen molar-refractivity contribution in [1.82, 2.24) is 24.8 Å². The average Bonchev–Trinajstić information content (AvgIpc) is 3.15. The van der Waals surface area contributed by atoms with Crippen LogP contribution in [0.1, 0.15) is 47.3 Å². The molecule has 0 aliphatic rings. The molecule has 3 atom stereocenters. The van der Waals surface area contributed by atoms with E-state index in [0.717, 1.165) is 0 Å². The van der Waals surface area contributed by atoms with Crippen LogP contribution in [0.5, 0.6) is 0 Å². The molecule has 12 heteroatoms. The Balaban J connectivity index is 1.99. The third-order valence-corrected chi connectivity index (χ3v) is 4.39. The number of ether oxygens (including phenoxy) is 3. The van der Waals surface area contributed by atoms with Gasteiger partial charge in [-0.3, -0.25) is 4.57 Å². The van der Waals surface area contributed by atoms with Gasteiger partial charge in [0.25, 0.3) is 0 Å². The maximum Gasteiger partial charge on any atom is 0.407 e. The van der Waals surface area contributed by atoms with Gasteiger partial charge in [-0.15, -0.1) is 0 Å². The van der Waals surface area contributed by atoms with E-state index in [1.54, 1.807) is 17.8 Å². The van der Waals surface area contributed by atoms with Crippen LogP contribution in [0.2, 0.25) is 0 Å². The van der Waals surface area contributed by atoms with Gasteiger partial charge in [0, 0.05) is 6.54 Å². The Morgan fingerprint density at radius 1 is 1.19 bits per heavy atom. The van der Waals surface area contributed by atoms with Gasteiger partial charge in [-0.1, -0.05) is 6.92 Å². The lowest BCUT2D eigenvalue weighted by Crippen LogP contribution is -2.40. The third-order valence-electron chi connectivity index (χ3n) is 4.39. The zero-order valence-electron chi connectivity index (χ0n) is 18.5. The fourth-order valence-corrected chi connectivity index (χ4v) is 2.80. The first-order valence-electron chi connectivity index (χ1n) is 10.3. The van der Waals surface area contributed by atoms with E-state index < -0.39 is 24.3 Å². The van der Waals surface area contributed by atoms with Crippen molar-refractivity contribution in [2.75, 3.05) is 30.8 Å². The molecule has 0 radical (unpaired) electrons. The molecule has 172 valence electrons. The number of nitrogens with zero attached hydrogens (tertiary/aromatic N) is 4. The van der Waals surface area contributed by atoms with Gasteiger partial charge in [0.15, 0.2) is 17.0 Å². The second-order valence-electron chi connectivity index (χ2n) is 6.77. The molecule has 0 saturated carbocycles. The number of nitrogens with two attached hydrogens (primary N) is 1. The maximum absolute atomic E-state index is 12.0. The number of nitrogen functional groups attached to an aromatic ring is 1. The molecule has 0 bridgehead atoms. The molecular formula is C19H31N7O5. The van der Waals surface area contributed by atoms with E-state index >= 15 is 0 Å². The topological polar surface area (TPSA) is 156 Å². The summed E-state index contributed by atoms with van der Waals surface area (Å²) in [6.45, 7) is 9.81. The van der Waals surface area contributed by atoms with Gasteiger partial charge in [0.1, 0.15) is 18.9 Å². The van der Waals surface area contributed by atoms with Gasteiger partial charge in [-0.05, 0) is 34.1 Å². The van der Waals surface area contributed by atoms with E-state index in [2.05, 4.69) is 25.6 Å². The summed E-state index contributed by atoms with van der Waals surface area (Å²) in [6.07, 6.45) is 0.634. The number of esters is 1. The summed E-state index contributed by atoms with van der Waals surface area (Å²) in [7, 11) is 0. The largest absolute Gasteiger partial charge is 0.464 e. The number of carbonyl (C=O) groups excluding carboxylic acids is 2. The molecule has 0 aliphatic carbocycles. The van der Waals surface area contributed by atoms with Crippen LogP contribution in [0.25, 0.3) is 11.2 Å². The molecule has 0 saturated heterocycles. The second-order valence-corrected chi connectivity index (χ2v) is 6.77. The summed E-state index contributed by atoms with van der Waals surface area (Å²) in [6, 6.07) is -0.805. The first-order valence-corrected chi connectivity index (χ1v) is 10.3. The average molecular weight is 438 g/mol. The minimum Gasteiger partial charge on any atom is -0.464 e. The van der Waals surface area contributed by atoms with Crippen LogP contribution in [0.3, 0.4) is 0 Å². The first-order chi connectivity index (χ1) is 14.8. The van der Waals surface area contributed by atoms with Crippen molar-refractivity contribution in [3.05, 3.63) is 6.33 Å². The number of aromatic nitrogens is 4. The summed E-state index contributed by atoms with van der Waals surface area (Å²) in [5.74, 6) is 0.153. The van der Waals surface area contributed by atoms with E-state index in [4.69, 9.17) is 19.9 Å². The van der Waals surface area contributed by atoms with Crippen LogP contribution in [-0.4, -0.2) is 63.5 Å². The summed E-state index contributed by atoms with van der Waals surface area (Å²) in [5.41, 5.74) is 6.95. The van der Waals surface area contributed by atoms with Crippen LogP contribution in [0, 0.1) is 0 Å². The normalized spacial score (nSPS) is 14.0. The van der Waals surface area contributed by atoms with E-state index in [1.807, 2.05) is 20.8 Å². The van der Waals surface area contributed by atoms with Gasteiger partial charge < -0.3 is 30.6 Å². The highest BCUT2D eigenvalue weighted by Gasteiger charge is 2.21. The summed E-state index contributed by atoms with van der Waals surface area (Å²) in [4.78, 5) is 36.4. The predicted molar refractivity (Wildman–Crippen MR) is 114 cm³/mol.